The lowest BCUT2D eigenvalue weighted by atomic mass is 9.86. The first-order valence-corrected chi connectivity index (χ1v) is 7.92. The van der Waals surface area contributed by atoms with Gasteiger partial charge in [0.25, 0.3) is 0 Å². The molecule has 1 aromatic rings. The average Bonchev–Trinajstić information content (AvgIpc) is 2.40. The van der Waals surface area contributed by atoms with Gasteiger partial charge in [-0.05, 0) is 54.3 Å². The molecule has 0 atom stereocenters. The van der Waals surface area contributed by atoms with E-state index in [1.165, 1.54) is 0 Å². The Hall–Kier alpha value is -0.720. The molecule has 1 aliphatic rings. The first-order valence-electron chi connectivity index (χ1n) is 6.84. The summed E-state index contributed by atoms with van der Waals surface area (Å²) in [6.07, 6.45) is 6.80. The van der Waals surface area contributed by atoms with Crippen LogP contribution in [0.15, 0.2) is 18.3 Å². The molecule has 0 radical (unpaired) electrons. The van der Waals surface area contributed by atoms with Crippen molar-refractivity contribution < 1.29 is 13.5 Å². The number of rotatable bonds is 4. The maximum absolute atomic E-state index is 13.1. The summed E-state index contributed by atoms with van der Waals surface area (Å²) in [6, 6.07) is 1.99. The van der Waals surface area contributed by atoms with Crippen molar-refractivity contribution in [3.8, 4) is 5.88 Å². The van der Waals surface area contributed by atoms with E-state index in [2.05, 4.69) is 27.6 Å². The summed E-state index contributed by atoms with van der Waals surface area (Å²) in [5.41, 5.74) is 0.913. The molecular weight excluding hydrogens is 375 g/mol. The van der Waals surface area contributed by atoms with Crippen LogP contribution in [0, 0.1) is 9.49 Å². The van der Waals surface area contributed by atoms with Crippen molar-refractivity contribution in [2.75, 3.05) is 6.61 Å². The third-order valence-electron chi connectivity index (χ3n) is 3.44. The Bertz CT molecular complexity index is 481. The van der Waals surface area contributed by atoms with Crippen LogP contribution in [0.5, 0.6) is 5.88 Å². The number of aromatic nitrogens is 1. The van der Waals surface area contributed by atoms with Crippen LogP contribution in [0.1, 0.15) is 38.2 Å². The van der Waals surface area contributed by atoms with Crippen molar-refractivity contribution in [3.05, 3.63) is 27.5 Å². The number of hydrogen-bond donors (Lipinski definition) is 0. The molecule has 0 bridgehead atoms. The Balaban J connectivity index is 2.05. The van der Waals surface area contributed by atoms with Gasteiger partial charge >= 0.3 is 0 Å². The molecule has 2 rings (SSSR count). The first-order chi connectivity index (χ1) is 9.50. The molecule has 1 fully saturated rings. The number of allylic oxidation sites excluding steroid dienone is 1. The maximum Gasteiger partial charge on any atom is 0.248 e. The van der Waals surface area contributed by atoms with Gasteiger partial charge in [0.05, 0.1) is 6.61 Å². The van der Waals surface area contributed by atoms with E-state index in [4.69, 9.17) is 4.74 Å². The molecule has 0 amide bonds. The third kappa shape index (κ3) is 4.40. The fourth-order valence-corrected chi connectivity index (χ4v) is 2.79. The van der Waals surface area contributed by atoms with E-state index in [0.29, 0.717) is 25.3 Å². The quantitative estimate of drug-likeness (QED) is 0.678. The van der Waals surface area contributed by atoms with Crippen LogP contribution >= 0.6 is 22.6 Å². The van der Waals surface area contributed by atoms with Gasteiger partial charge in [0, 0.05) is 28.2 Å². The molecule has 20 heavy (non-hydrogen) atoms. The molecular formula is C15H18F2INO. The highest BCUT2D eigenvalue weighted by Crippen LogP contribution is 2.37. The van der Waals surface area contributed by atoms with Crippen molar-refractivity contribution in [1.29, 1.82) is 0 Å². The Morgan fingerprint density at radius 1 is 1.45 bits per heavy atom. The summed E-state index contributed by atoms with van der Waals surface area (Å²) in [7, 11) is 0. The lowest BCUT2D eigenvalue weighted by Crippen LogP contribution is -2.23. The van der Waals surface area contributed by atoms with Gasteiger partial charge in [-0.3, -0.25) is 0 Å². The van der Waals surface area contributed by atoms with Gasteiger partial charge in [-0.2, -0.15) is 0 Å². The topological polar surface area (TPSA) is 22.1 Å². The standard InChI is InChI=1S/C15H18F2INO/c1-2-20-14-12(9-13(18)10-19-14)4-3-11-5-7-15(16,17)8-6-11/h3-4,9-11H,2,5-8H2,1H3. The van der Waals surface area contributed by atoms with E-state index < -0.39 is 5.92 Å². The summed E-state index contributed by atoms with van der Waals surface area (Å²) < 4.78 is 32.7. The van der Waals surface area contributed by atoms with Gasteiger partial charge in [-0.15, -0.1) is 0 Å². The van der Waals surface area contributed by atoms with Crippen LogP contribution in [0.4, 0.5) is 8.78 Å². The van der Waals surface area contributed by atoms with E-state index >= 15 is 0 Å². The highest BCUT2D eigenvalue weighted by Gasteiger charge is 2.33. The molecule has 5 heteroatoms. The van der Waals surface area contributed by atoms with Crippen molar-refractivity contribution in [3.63, 3.8) is 0 Å². The van der Waals surface area contributed by atoms with Crippen molar-refractivity contribution >= 4 is 28.7 Å². The number of ether oxygens (including phenoxy) is 1. The Morgan fingerprint density at radius 2 is 2.15 bits per heavy atom. The second kappa shape index (κ2) is 6.83. The second-order valence-electron chi connectivity index (χ2n) is 5.03. The normalized spacial score (nSPS) is 19.4. The average molecular weight is 393 g/mol. The van der Waals surface area contributed by atoms with Gasteiger partial charge in [0.1, 0.15) is 0 Å². The minimum atomic E-state index is -2.47. The minimum Gasteiger partial charge on any atom is -0.478 e. The summed E-state index contributed by atoms with van der Waals surface area (Å²) in [5.74, 6) is -1.64. The molecule has 0 aromatic carbocycles. The predicted octanol–water partition coefficient (Wildman–Crippen LogP) is 4.92. The minimum absolute atomic E-state index is 0.00903. The van der Waals surface area contributed by atoms with E-state index in [1.54, 1.807) is 6.20 Å². The molecule has 1 saturated carbocycles. The molecule has 2 nitrogen and oxygen atoms in total. The Morgan fingerprint density at radius 3 is 2.80 bits per heavy atom. The molecule has 0 N–H and O–H groups in total. The highest BCUT2D eigenvalue weighted by molar-refractivity contribution is 14.1. The van der Waals surface area contributed by atoms with Crippen LogP contribution in [0.3, 0.4) is 0 Å². The van der Waals surface area contributed by atoms with Crippen LogP contribution < -0.4 is 4.74 Å². The van der Waals surface area contributed by atoms with Gasteiger partial charge in [-0.25, -0.2) is 13.8 Å². The van der Waals surface area contributed by atoms with Gasteiger partial charge in [0.15, 0.2) is 0 Å². The summed E-state index contributed by atoms with van der Waals surface area (Å²) in [6.45, 7) is 2.47. The number of pyridine rings is 1. The van der Waals surface area contributed by atoms with Crippen LogP contribution in [0.2, 0.25) is 0 Å². The van der Waals surface area contributed by atoms with Crippen molar-refractivity contribution in [2.45, 2.75) is 38.5 Å². The maximum atomic E-state index is 13.1. The van der Waals surface area contributed by atoms with Gasteiger partial charge < -0.3 is 4.74 Å². The molecule has 0 unspecified atom stereocenters. The van der Waals surface area contributed by atoms with E-state index in [1.807, 2.05) is 25.1 Å². The zero-order chi connectivity index (χ0) is 14.6. The predicted molar refractivity (Wildman–Crippen MR) is 84.1 cm³/mol. The fourth-order valence-electron chi connectivity index (χ4n) is 2.31. The zero-order valence-corrected chi connectivity index (χ0v) is 13.6. The van der Waals surface area contributed by atoms with E-state index in [9.17, 15) is 8.78 Å². The number of alkyl halides is 2. The molecule has 1 aliphatic carbocycles. The molecule has 1 heterocycles. The number of nitrogens with zero attached hydrogens (tertiary/aromatic N) is 1. The molecule has 110 valence electrons. The molecule has 1 aromatic heterocycles. The first kappa shape index (κ1) is 15.7. The molecule has 0 aliphatic heterocycles. The van der Waals surface area contributed by atoms with Crippen molar-refractivity contribution in [1.82, 2.24) is 4.98 Å². The van der Waals surface area contributed by atoms with Crippen LogP contribution in [-0.2, 0) is 0 Å². The zero-order valence-electron chi connectivity index (χ0n) is 11.4. The summed E-state index contributed by atoms with van der Waals surface area (Å²) in [5, 5.41) is 0. The fraction of sp³-hybridized carbons (Fsp3) is 0.533. The summed E-state index contributed by atoms with van der Waals surface area (Å²) in [4.78, 5) is 4.25. The molecule has 0 spiro atoms. The van der Waals surface area contributed by atoms with E-state index in [0.717, 1.165) is 9.13 Å². The number of hydrogen-bond acceptors (Lipinski definition) is 2. The monoisotopic (exact) mass is 393 g/mol. The van der Waals surface area contributed by atoms with Crippen LogP contribution in [0.25, 0.3) is 6.08 Å². The van der Waals surface area contributed by atoms with Gasteiger partial charge in [0.2, 0.25) is 11.8 Å². The van der Waals surface area contributed by atoms with Crippen LogP contribution in [-0.4, -0.2) is 17.5 Å². The lowest BCUT2D eigenvalue weighted by molar-refractivity contribution is -0.0410. The Kier molecular flexibility index (Phi) is 5.35. The smallest absolute Gasteiger partial charge is 0.248 e. The highest BCUT2D eigenvalue weighted by atomic mass is 127. The SMILES string of the molecule is CCOc1ncc(I)cc1C=CC1CCC(F)(F)CC1. The van der Waals surface area contributed by atoms with Gasteiger partial charge in [-0.1, -0.05) is 12.2 Å². The lowest BCUT2D eigenvalue weighted by Gasteiger charge is -2.26. The number of halogens is 3. The third-order valence-corrected chi connectivity index (χ3v) is 4.03. The molecule has 0 saturated heterocycles. The summed E-state index contributed by atoms with van der Waals surface area (Å²) >= 11 is 2.20. The Labute approximate surface area is 131 Å². The van der Waals surface area contributed by atoms with Crippen molar-refractivity contribution in [2.24, 2.45) is 5.92 Å². The second-order valence-corrected chi connectivity index (χ2v) is 6.28. The van der Waals surface area contributed by atoms with E-state index in [-0.39, 0.29) is 18.8 Å². The largest absolute Gasteiger partial charge is 0.478 e.